The molecule has 0 amide bonds. The maximum absolute atomic E-state index is 11.9. The molecule has 7 nitrogen and oxygen atoms in total. The average Bonchev–Trinajstić information content (AvgIpc) is 2.90. The summed E-state index contributed by atoms with van der Waals surface area (Å²) in [6.07, 6.45) is -1.10. The summed E-state index contributed by atoms with van der Waals surface area (Å²) in [5, 5.41) is 8.20. The Morgan fingerprint density at radius 1 is 1.37 bits per heavy atom. The van der Waals surface area contributed by atoms with Crippen molar-refractivity contribution >= 4 is 38.0 Å². The van der Waals surface area contributed by atoms with Crippen molar-refractivity contribution in [2.45, 2.75) is 23.9 Å². The molecule has 0 spiro atoms. The Balaban J connectivity index is 1.96. The highest BCUT2D eigenvalue weighted by Gasteiger charge is 2.71. The molecule has 19 heavy (non-hydrogen) atoms. The van der Waals surface area contributed by atoms with Gasteiger partial charge < -0.3 is 9.84 Å². The van der Waals surface area contributed by atoms with Gasteiger partial charge in [0.1, 0.15) is 22.8 Å². The molecule has 6 unspecified atom stereocenters. The summed E-state index contributed by atoms with van der Waals surface area (Å²) in [6.45, 7) is 0. The number of ether oxygens (including phenoxy) is 1. The van der Waals surface area contributed by atoms with Crippen LogP contribution in [0.5, 0.6) is 0 Å². The summed E-state index contributed by atoms with van der Waals surface area (Å²) in [5.74, 6) is -3.65. The maximum atomic E-state index is 11.9. The van der Waals surface area contributed by atoms with Gasteiger partial charge in [-0.1, -0.05) is 15.9 Å². The lowest BCUT2D eigenvalue weighted by Crippen LogP contribution is -2.45. The first-order chi connectivity index (χ1) is 8.86. The summed E-state index contributed by atoms with van der Waals surface area (Å²) in [7, 11) is -3.88. The number of carboxylic acids is 1. The molecule has 1 aliphatic heterocycles. The van der Waals surface area contributed by atoms with Crippen molar-refractivity contribution in [3.05, 3.63) is 0 Å². The second-order valence-electron chi connectivity index (χ2n) is 5.03. The van der Waals surface area contributed by atoms with E-state index in [1.165, 1.54) is 0 Å². The average molecular weight is 355 g/mol. The maximum Gasteiger partial charge on any atom is 0.316 e. The number of carbonyl (C=O) groups is 2. The van der Waals surface area contributed by atoms with E-state index in [0.29, 0.717) is 6.42 Å². The van der Waals surface area contributed by atoms with Crippen LogP contribution in [0.3, 0.4) is 0 Å². The normalized spacial score (nSPS) is 45.3. The Morgan fingerprint density at radius 3 is 2.63 bits per heavy atom. The first kappa shape index (κ1) is 13.3. The fraction of sp³-hybridized carbons (Fsp3) is 0.800. The van der Waals surface area contributed by atoms with Crippen molar-refractivity contribution in [2.75, 3.05) is 5.33 Å². The van der Waals surface area contributed by atoms with Gasteiger partial charge in [0, 0.05) is 11.8 Å². The lowest BCUT2D eigenvalue weighted by atomic mass is 9.84. The van der Waals surface area contributed by atoms with E-state index in [0.717, 1.165) is 0 Å². The smallest absolute Gasteiger partial charge is 0.316 e. The van der Waals surface area contributed by atoms with E-state index in [1.54, 1.807) is 0 Å². The van der Waals surface area contributed by atoms with E-state index in [-0.39, 0.29) is 11.2 Å². The van der Waals surface area contributed by atoms with Crippen molar-refractivity contribution in [2.24, 2.45) is 17.8 Å². The second-order valence-corrected chi connectivity index (χ2v) is 7.32. The zero-order chi connectivity index (χ0) is 13.9. The number of carbonyl (C=O) groups excluding carboxylic acids is 1. The molecule has 9 heteroatoms. The Bertz CT molecular complexity index is 544. The SMILES string of the molecule is O=C(CBr)OC1C2CC3C1OS(=O)(=O)C3C2C(=O)O. The van der Waals surface area contributed by atoms with E-state index >= 15 is 0 Å². The molecule has 3 rings (SSSR count). The third-order valence-electron chi connectivity index (χ3n) is 4.19. The molecule has 6 atom stereocenters. The molecule has 106 valence electrons. The van der Waals surface area contributed by atoms with Gasteiger partial charge >= 0.3 is 11.9 Å². The number of hydrogen-bond donors (Lipinski definition) is 1. The van der Waals surface area contributed by atoms with Crippen molar-refractivity contribution in [3.63, 3.8) is 0 Å². The monoisotopic (exact) mass is 354 g/mol. The van der Waals surface area contributed by atoms with Crippen molar-refractivity contribution < 1.29 is 32.0 Å². The third kappa shape index (κ3) is 1.74. The number of fused-ring (bicyclic) bond motifs is 1. The third-order valence-corrected chi connectivity index (χ3v) is 6.45. The minimum Gasteiger partial charge on any atom is -0.481 e. The van der Waals surface area contributed by atoms with Crippen LogP contribution >= 0.6 is 15.9 Å². The van der Waals surface area contributed by atoms with Gasteiger partial charge in [0.05, 0.1) is 5.92 Å². The van der Waals surface area contributed by atoms with Crippen LogP contribution in [-0.4, -0.2) is 48.3 Å². The summed E-state index contributed by atoms with van der Waals surface area (Å²) in [6, 6.07) is 0. The fourth-order valence-electron chi connectivity index (χ4n) is 3.65. The van der Waals surface area contributed by atoms with E-state index in [2.05, 4.69) is 15.9 Å². The molecule has 3 fully saturated rings. The van der Waals surface area contributed by atoms with E-state index in [1.807, 2.05) is 0 Å². The van der Waals surface area contributed by atoms with E-state index in [9.17, 15) is 23.1 Å². The Hall–Kier alpha value is -0.670. The molecule has 0 aromatic carbocycles. The highest BCUT2D eigenvalue weighted by atomic mass is 79.9. The molecule has 2 saturated carbocycles. The zero-order valence-corrected chi connectivity index (χ0v) is 12.0. The van der Waals surface area contributed by atoms with Crippen LogP contribution in [0, 0.1) is 17.8 Å². The van der Waals surface area contributed by atoms with Crippen LogP contribution in [0.25, 0.3) is 0 Å². The first-order valence-corrected chi connectivity index (χ1v) is 8.36. The quantitative estimate of drug-likeness (QED) is 0.422. The molecule has 1 saturated heterocycles. The predicted octanol–water partition coefficient (Wildman–Crippen LogP) is -0.259. The Morgan fingerprint density at radius 2 is 2.05 bits per heavy atom. The van der Waals surface area contributed by atoms with Crippen LogP contribution in [0.15, 0.2) is 0 Å². The summed E-state index contributed by atoms with van der Waals surface area (Å²) in [4.78, 5) is 22.6. The van der Waals surface area contributed by atoms with Gasteiger partial charge in [0.25, 0.3) is 10.1 Å². The first-order valence-electron chi connectivity index (χ1n) is 5.77. The van der Waals surface area contributed by atoms with Crippen LogP contribution in [-0.2, 0) is 28.6 Å². The van der Waals surface area contributed by atoms with Crippen LogP contribution in [0.4, 0.5) is 0 Å². The highest BCUT2D eigenvalue weighted by molar-refractivity contribution is 9.09. The minimum atomic E-state index is -3.88. The molecule has 1 N–H and O–H groups in total. The molecule has 2 aliphatic carbocycles. The molecule has 0 aromatic rings. The van der Waals surface area contributed by atoms with Crippen molar-refractivity contribution in [3.8, 4) is 0 Å². The summed E-state index contributed by atoms with van der Waals surface area (Å²) >= 11 is 2.94. The standard InChI is InChI=1S/C10H11BrO7S/c11-2-5(12)17-7-3-1-4-8(7)18-19(15,16)9(4)6(3)10(13)14/h3-4,6-9H,1-2H2,(H,13,14). The van der Waals surface area contributed by atoms with Gasteiger partial charge in [-0.15, -0.1) is 0 Å². The molecule has 0 radical (unpaired) electrons. The van der Waals surface area contributed by atoms with Gasteiger partial charge in [0.2, 0.25) is 0 Å². The van der Waals surface area contributed by atoms with Gasteiger partial charge in [-0.3, -0.25) is 13.8 Å². The lowest BCUT2D eigenvalue weighted by Gasteiger charge is -2.28. The molecule has 1 heterocycles. The predicted molar refractivity (Wildman–Crippen MR) is 64.0 cm³/mol. The van der Waals surface area contributed by atoms with Gasteiger partial charge in [-0.25, -0.2) is 0 Å². The number of hydrogen-bond acceptors (Lipinski definition) is 6. The van der Waals surface area contributed by atoms with Gasteiger partial charge in [-0.2, -0.15) is 8.42 Å². The summed E-state index contributed by atoms with van der Waals surface area (Å²) in [5.41, 5.74) is 0. The second kappa shape index (κ2) is 4.16. The zero-order valence-electron chi connectivity index (χ0n) is 9.56. The Labute approximate surface area is 117 Å². The molecule has 0 aromatic heterocycles. The number of halogens is 1. The molecular formula is C10H11BrO7S. The highest BCUT2D eigenvalue weighted by Crippen LogP contribution is 2.58. The number of esters is 1. The van der Waals surface area contributed by atoms with E-state index in [4.69, 9.17) is 8.92 Å². The van der Waals surface area contributed by atoms with Gasteiger partial charge in [-0.05, 0) is 6.42 Å². The van der Waals surface area contributed by atoms with E-state index < -0.39 is 51.4 Å². The number of rotatable bonds is 3. The minimum absolute atomic E-state index is 0.0263. The van der Waals surface area contributed by atoms with Crippen molar-refractivity contribution in [1.29, 1.82) is 0 Å². The summed E-state index contributed by atoms with van der Waals surface area (Å²) < 4.78 is 33.9. The largest absolute Gasteiger partial charge is 0.481 e. The van der Waals surface area contributed by atoms with Crippen LogP contribution in [0.1, 0.15) is 6.42 Å². The molecule has 3 aliphatic rings. The Kier molecular flexibility index (Phi) is 2.92. The number of carboxylic acid groups (broad SMARTS) is 1. The van der Waals surface area contributed by atoms with Crippen molar-refractivity contribution in [1.82, 2.24) is 0 Å². The molecular weight excluding hydrogens is 344 g/mol. The fourth-order valence-corrected chi connectivity index (χ4v) is 5.85. The van der Waals surface area contributed by atoms with Crippen LogP contribution < -0.4 is 0 Å². The lowest BCUT2D eigenvalue weighted by molar-refractivity contribution is -0.159. The topological polar surface area (TPSA) is 107 Å². The van der Waals surface area contributed by atoms with Gasteiger partial charge in [0.15, 0.2) is 0 Å². The molecule has 2 bridgehead atoms. The number of aliphatic carboxylic acids is 1. The number of alkyl halides is 1. The van der Waals surface area contributed by atoms with Crippen LogP contribution in [0.2, 0.25) is 0 Å².